The zero-order valence-electron chi connectivity index (χ0n) is 11.6. The Hall–Kier alpha value is -0.980. The average Bonchev–Trinajstić information content (AvgIpc) is 3.05. The molecule has 2 heterocycles. The molecule has 0 bridgehead atoms. The Labute approximate surface area is 114 Å². The molecule has 1 saturated carbocycles. The fourth-order valence-electron chi connectivity index (χ4n) is 3.22. The van der Waals surface area contributed by atoms with E-state index in [9.17, 15) is 0 Å². The van der Waals surface area contributed by atoms with Gasteiger partial charge in [-0.1, -0.05) is 5.21 Å². The number of nitrogens with one attached hydrogen (secondary N) is 1. The number of ether oxygens (including phenoxy) is 1. The van der Waals surface area contributed by atoms with Gasteiger partial charge in [0.25, 0.3) is 0 Å². The maximum absolute atomic E-state index is 5.84. The largest absolute Gasteiger partial charge is 0.375 e. The Morgan fingerprint density at radius 2 is 2.37 bits per heavy atom. The summed E-state index contributed by atoms with van der Waals surface area (Å²) >= 11 is 0. The van der Waals surface area contributed by atoms with Gasteiger partial charge in [0.1, 0.15) is 0 Å². The second kappa shape index (κ2) is 5.98. The molecule has 2 fully saturated rings. The van der Waals surface area contributed by atoms with Crippen LogP contribution in [0.1, 0.15) is 25.0 Å². The molecule has 1 aliphatic carbocycles. The maximum atomic E-state index is 5.84. The molecule has 0 aromatic carbocycles. The number of rotatable bonds is 5. The van der Waals surface area contributed by atoms with Crippen molar-refractivity contribution in [1.82, 2.24) is 25.2 Å². The highest BCUT2D eigenvalue weighted by atomic mass is 16.5. The summed E-state index contributed by atoms with van der Waals surface area (Å²) in [6, 6.07) is 0.633. The van der Waals surface area contributed by atoms with Crippen molar-refractivity contribution < 1.29 is 4.74 Å². The van der Waals surface area contributed by atoms with Crippen molar-refractivity contribution in [3.05, 3.63) is 11.9 Å². The zero-order valence-corrected chi connectivity index (χ0v) is 11.6. The summed E-state index contributed by atoms with van der Waals surface area (Å²) in [5, 5.41) is 11.4. The van der Waals surface area contributed by atoms with Gasteiger partial charge < -0.3 is 10.1 Å². The highest BCUT2D eigenvalue weighted by Crippen LogP contribution is 2.29. The first-order chi connectivity index (χ1) is 9.36. The maximum Gasteiger partial charge on any atom is 0.0964 e. The van der Waals surface area contributed by atoms with Crippen LogP contribution >= 0.6 is 0 Å². The van der Waals surface area contributed by atoms with E-state index in [0.717, 1.165) is 38.5 Å². The van der Waals surface area contributed by atoms with Crippen molar-refractivity contribution >= 4 is 0 Å². The summed E-state index contributed by atoms with van der Waals surface area (Å²) in [6.45, 7) is 4.68. The highest BCUT2D eigenvalue weighted by Gasteiger charge is 2.35. The average molecular weight is 265 g/mol. The van der Waals surface area contributed by atoms with Crippen molar-refractivity contribution in [2.24, 2.45) is 0 Å². The van der Waals surface area contributed by atoms with Crippen LogP contribution in [0.25, 0.3) is 0 Å². The molecule has 6 nitrogen and oxygen atoms in total. The van der Waals surface area contributed by atoms with Gasteiger partial charge in [0.05, 0.1) is 24.9 Å². The van der Waals surface area contributed by atoms with Crippen molar-refractivity contribution in [3.8, 4) is 0 Å². The monoisotopic (exact) mass is 265 g/mol. The molecular weight excluding hydrogens is 242 g/mol. The molecule has 1 saturated heterocycles. The molecule has 2 unspecified atom stereocenters. The van der Waals surface area contributed by atoms with Gasteiger partial charge in [0.2, 0.25) is 0 Å². The lowest BCUT2D eigenvalue weighted by atomic mass is 10.1. The number of morpholine rings is 1. The van der Waals surface area contributed by atoms with E-state index in [1.165, 1.54) is 19.3 Å². The third-order valence-electron chi connectivity index (χ3n) is 4.16. The zero-order chi connectivity index (χ0) is 13.1. The van der Waals surface area contributed by atoms with E-state index in [1.807, 2.05) is 17.9 Å². The topological polar surface area (TPSA) is 55.2 Å². The Bertz CT molecular complexity index is 407. The quantitative estimate of drug-likeness (QED) is 0.827. The summed E-state index contributed by atoms with van der Waals surface area (Å²) in [4.78, 5) is 2.57. The van der Waals surface area contributed by atoms with Crippen LogP contribution in [-0.4, -0.2) is 58.8 Å². The van der Waals surface area contributed by atoms with Crippen LogP contribution in [0.4, 0.5) is 0 Å². The molecule has 2 atom stereocenters. The number of nitrogens with zero attached hydrogens (tertiary/aromatic N) is 4. The third-order valence-corrected chi connectivity index (χ3v) is 4.16. The summed E-state index contributed by atoms with van der Waals surface area (Å²) in [6.07, 6.45) is 6.33. The number of hydrogen-bond acceptors (Lipinski definition) is 5. The van der Waals surface area contributed by atoms with Crippen LogP contribution in [0.3, 0.4) is 0 Å². The molecule has 6 heteroatoms. The van der Waals surface area contributed by atoms with Gasteiger partial charge in [-0.25, -0.2) is 0 Å². The lowest BCUT2D eigenvalue weighted by Crippen LogP contribution is -2.49. The number of fused-ring (bicyclic) bond motifs is 1. The van der Waals surface area contributed by atoms with Gasteiger partial charge in [0.15, 0.2) is 0 Å². The first kappa shape index (κ1) is 13.0. The first-order valence-electron chi connectivity index (χ1n) is 7.26. The second-order valence-corrected chi connectivity index (χ2v) is 5.45. The predicted octanol–water partition coefficient (Wildman–Crippen LogP) is 0.251. The molecule has 0 radical (unpaired) electrons. The smallest absolute Gasteiger partial charge is 0.0964 e. The lowest BCUT2D eigenvalue weighted by Gasteiger charge is -2.37. The van der Waals surface area contributed by atoms with Crippen LogP contribution < -0.4 is 5.32 Å². The van der Waals surface area contributed by atoms with E-state index in [1.54, 1.807) is 0 Å². The van der Waals surface area contributed by atoms with E-state index in [2.05, 4.69) is 20.5 Å². The fraction of sp³-hybridized carbons (Fsp3) is 0.846. The third kappa shape index (κ3) is 2.96. The molecule has 1 aliphatic heterocycles. The first-order valence-corrected chi connectivity index (χ1v) is 7.26. The van der Waals surface area contributed by atoms with Gasteiger partial charge in [-0.15, -0.1) is 5.10 Å². The summed E-state index contributed by atoms with van der Waals surface area (Å²) < 4.78 is 7.79. The molecule has 1 aromatic heterocycles. The number of hydrogen-bond donors (Lipinski definition) is 1. The van der Waals surface area contributed by atoms with Gasteiger partial charge in [-0.3, -0.25) is 9.58 Å². The van der Waals surface area contributed by atoms with Crippen LogP contribution in [0.15, 0.2) is 6.20 Å². The van der Waals surface area contributed by atoms with Crippen LogP contribution in [-0.2, 0) is 17.8 Å². The predicted molar refractivity (Wildman–Crippen MR) is 71.7 cm³/mol. The fourth-order valence-corrected chi connectivity index (χ4v) is 3.22. The van der Waals surface area contributed by atoms with Crippen LogP contribution in [0, 0.1) is 0 Å². The van der Waals surface area contributed by atoms with Crippen molar-refractivity contribution in [2.75, 3.05) is 26.7 Å². The second-order valence-electron chi connectivity index (χ2n) is 5.45. The molecule has 0 spiro atoms. The Morgan fingerprint density at radius 3 is 3.26 bits per heavy atom. The van der Waals surface area contributed by atoms with E-state index in [-0.39, 0.29) is 0 Å². The minimum absolute atomic E-state index is 0.476. The highest BCUT2D eigenvalue weighted by molar-refractivity contribution is 4.92. The minimum atomic E-state index is 0.476. The van der Waals surface area contributed by atoms with Crippen molar-refractivity contribution in [1.29, 1.82) is 0 Å². The summed E-state index contributed by atoms with van der Waals surface area (Å²) in [5.41, 5.74) is 1.00. The molecule has 3 rings (SSSR count). The Balaban J connectivity index is 1.53. The lowest BCUT2D eigenvalue weighted by molar-refractivity contribution is -0.0566. The molecule has 1 aromatic rings. The molecule has 19 heavy (non-hydrogen) atoms. The van der Waals surface area contributed by atoms with E-state index < -0.39 is 0 Å². The van der Waals surface area contributed by atoms with Crippen molar-refractivity contribution in [3.63, 3.8) is 0 Å². The molecular formula is C13H23N5O. The van der Waals surface area contributed by atoms with Gasteiger partial charge in [0, 0.05) is 31.9 Å². The number of aromatic nitrogens is 3. The van der Waals surface area contributed by atoms with E-state index in [0.29, 0.717) is 12.1 Å². The van der Waals surface area contributed by atoms with Gasteiger partial charge in [-0.05, 0) is 26.3 Å². The van der Waals surface area contributed by atoms with E-state index in [4.69, 9.17) is 4.74 Å². The molecule has 2 aliphatic rings. The summed E-state index contributed by atoms with van der Waals surface area (Å²) in [7, 11) is 1.92. The standard InChI is InChI=1S/C13H23N5O/c1-14-9-11-10-18(16-15-11)6-5-17-7-8-19-13-4-2-3-12(13)17/h10,12-14H,2-9H2,1H3. The Morgan fingerprint density at radius 1 is 1.42 bits per heavy atom. The van der Waals surface area contributed by atoms with Crippen LogP contribution in [0.2, 0.25) is 0 Å². The Kier molecular flexibility index (Phi) is 4.10. The van der Waals surface area contributed by atoms with Crippen LogP contribution in [0.5, 0.6) is 0 Å². The molecule has 106 valence electrons. The van der Waals surface area contributed by atoms with Gasteiger partial charge >= 0.3 is 0 Å². The minimum Gasteiger partial charge on any atom is -0.375 e. The summed E-state index contributed by atoms with van der Waals surface area (Å²) in [5.74, 6) is 0. The normalized spacial score (nSPS) is 27.6. The molecule has 1 N–H and O–H groups in total. The van der Waals surface area contributed by atoms with E-state index >= 15 is 0 Å². The van der Waals surface area contributed by atoms with Gasteiger partial charge in [-0.2, -0.15) is 0 Å². The molecule has 0 amide bonds. The van der Waals surface area contributed by atoms with Crippen molar-refractivity contribution in [2.45, 2.75) is 44.5 Å². The SMILES string of the molecule is CNCc1cn(CCN2CCOC3CCCC32)nn1.